The largest absolute Gasteiger partial charge is 0.344 e. The third kappa shape index (κ3) is 408. The van der Waals surface area contributed by atoms with Gasteiger partial charge in [-0.2, -0.15) is 0 Å². The van der Waals surface area contributed by atoms with E-state index >= 15 is 0 Å². The van der Waals surface area contributed by atoms with E-state index in [0.717, 1.165) is 0 Å². The zero-order valence-corrected chi connectivity index (χ0v) is 7.56. The normalized spacial score (nSPS) is 3.90. The standard InChI is InChI=1S/3C3H6.H3N/c3*1-3-2;/h3*3H,1H2,2H3;1H3. The summed E-state index contributed by atoms with van der Waals surface area (Å²) in [5, 5.41) is 0. The second-order valence-corrected chi connectivity index (χ2v) is 1.22. The molecule has 0 aromatic heterocycles. The minimum absolute atomic E-state index is 0. The monoisotopic (exact) mass is 143 g/mol. The van der Waals surface area contributed by atoms with Gasteiger partial charge in [0.15, 0.2) is 0 Å². The molecule has 10 heavy (non-hydrogen) atoms. The van der Waals surface area contributed by atoms with Crippen LogP contribution >= 0.6 is 0 Å². The third-order valence-corrected chi connectivity index (χ3v) is 0. The van der Waals surface area contributed by atoms with Gasteiger partial charge in [0.05, 0.1) is 0 Å². The highest BCUT2D eigenvalue weighted by atomic mass is 14.0. The van der Waals surface area contributed by atoms with Gasteiger partial charge in [0, 0.05) is 0 Å². The maximum atomic E-state index is 3.36. The van der Waals surface area contributed by atoms with E-state index in [-0.39, 0.29) is 6.15 Å². The van der Waals surface area contributed by atoms with Gasteiger partial charge in [-0.1, -0.05) is 18.2 Å². The Kier molecular flexibility index (Phi) is 203. The highest BCUT2D eigenvalue weighted by Gasteiger charge is 1.15. The zero-order chi connectivity index (χ0) is 8.12. The van der Waals surface area contributed by atoms with Crippen molar-refractivity contribution in [2.24, 2.45) is 0 Å². The summed E-state index contributed by atoms with van der Waals surface area (Å²) in [5.41, 5.74) is 0. The molecule has 3 N–H and O–H groups in total. The first-order chi connectivity index (χ1) is 4.24. The molecule has 0 saturated carbocycles. The Bertz CT molecular complexity index is 41.5. The Hall–Kier alpha value is -0.820. The van der Waals surface area contributed by atoms with Crippen LogP contribution in [0.25, 0.3) is 0 Å². The molecule has 0 aromatic rings. The van der Waals surface area contributed by atoms with Crippen LogP contribution in [0.5, 0.6) is 0 Å². The summed E-state index contributed by atoms with van der Waals surface area (Å²) in [6, 6.07) is 0. The van der Waals surface area contributed by atoms with E-state index in [4.69, 9.17) is 0 Å². The number of rotatable bonds is 0. The molecule has 0 aromatic carbocycles. The molecular formula is C9H21N. The molecule has 0 heterocycles. The first kappa shape index (κ1) is 22.9. The molecule has 0 aliphatic rings. The Morgan fingerprint density at radius 3 is 0.700 bits per heavy atom. The SMILES string of the molecule is C=CC.C=CC.C=CC.N. The predicted molar refractivity (Wildman–Crippen MR) is 52.6 cm³/mol. The second-order valence-electron chi connectivity index (χ2n) is 1.22. The van der Waals surface area contributed by atoms with E-state index < -0.39 is 0 Å². The molecule has 0 radical (unpaired) electrons. The lowest BCUT2D eigenvalue weighted by Gasteiger charge is -1.31. The van der Waals surface area contributed by atoms with Crippen LogP contribution in [0, 0.1) is 0 Å². The molecule has 0 amide bonds. The Morgan fingerprint density at radius 2 is 0.700 bits per heavy atom. The van der Waals surface area contributed by atoms with Gasteiger partial charge in [0.2, 0.25) is 0 Å². The average molecular weight is 143 g/mol. The summed E-state index contributed by atoms with van der Waals surface area (Å²) in [6.07, 6.45) is 5.25. The first-order valence-electron chi connectivity index (χ1n) is 2.96. The van der Waals surface area contributed by atoms with Crippen molar-refractivity contribution in [2.75, 3.05) is 0 Å². The molecule has 0 fully saturated rings. The Balaban J connectivity index is -0.0000000257. The quantitative estimate of drug-likeness (QED) is 0.515. The van der Waals surface area contributed by atoms with Crippen molar-refractivity contribution in [1.29, 1.82) is 0 Å². The van der Waals surface area contributed by atoms with Gasteiger partial charge in [0.25, 0.3) is 0 Å². The van der Waals surface area contributed by atoms with Crippen LogP contribution in [0.15, 0.2) is 38.0 Å². The van der Waals surface area contributed by atoms with E-state index in [0.29, 0.717) is 0 Å². The van der Waals surface area contributed by atoms with Gasteiger partial charge >= 0.3 is 0 Å². The third-order valence-electron chi connectivity index (χ3n) is 0. The second kappa shape index (κ2) is 88.7. The first-order valence-corrected chi connectivity index (χ1v) is 2.96. The van der Waals surface area contributed by atoms with Crippen molar-refractivity contribution in [3.63, 3.8) is 0 Å². The van der Waals surface area contributed by atoms with Crippen molar-refractivity contribution in [3.05, 3.63) is 38.0 Å². The Morgan fingerprint density at radius 1 is 0.700 bits per heavy atom. The molecule has 0 unspecified atom stereocenters. The number of hydrogen-bond acceptors (Lipinski definition) is 1. The topological polar surface area (TPSA) is 35.0 Å². The van der Waals surface area contributed by atoms with Crippen LogP contribution in [0.1, 0.15) is 20.8 Å². The summed E-state index contributed by atoms with van der Waals surface area (Å²) in [5.74, 6) is 0. The lowest BCUT2D eigenvalue weighted by Crippen LogP contribution is -1.07. The summed E-state index contributed by atoms with van der Waals surface area (Å²) < 4.78 is 0. The van der Waals surface area contributed by atoms with Crippen molar-refractivity contribution in [2.45, 2.75) is 20.8 Å². The maximum absolute atomic E-state index is 3.36. The van der Waals surface area contributed by atoms with Crippen LogP contribution < -0.4 is 6.15 Å². The van der Waals surface area contributed by atoms with Crippen LogP contribution in [0.2, 0.25) is 0 Å². The summed E-state index contributed by atoms with van der Waals surface area (Å²) >= 11 is 0. The molecule has 0 atom stereocenters. The molecule has 0 aliphatic carbocycles. The van der Waals surface area contributed by atoms with Crippen molar-refractivity contribution in [3.8, 4) is 0 Å². The molecule has 0 bridgehead atoms. The highest BCUT2D eigenvalue weighted by molar-refractivity contribution is 4.52. The predicted octanol–water partition coefficient (Wildman–Crippen LogP) is 3.74. The lowest BCUT2D eigenvalue weighted by molar-refractivity contribution is 1.80. The fourth-order valence-corrected chi connectivity index (χ4v) is 0. The molecule has 1 nitrogen and oxygen atoms in total. The van der Waals surface area contributed by atoms with E-state index in [1.54, 1.807) is 18.2 Å². The lowest BCUT2D eigenvalue weighted by atomic mass is 10.8. The van der Waals surface area contributed by atoms with E-state index in [2.05, 4.69) is 19.7 Å². The zero-order valence-electron chi connectivity index (χ0n) is 7.56. The minimum atomic E-state index is 0. The summed E-state index contributed by atoms with van der Waals surface area (Å²) in [7, 11) is 0. The fourth-order valence-electron chi connectivity index (χ4n) is 0. The summed E-state index contributed by atoms with van der Waals surface area (Å²) in [6.45, 7) is 15.8. The summed E-state index contributed by atoms with van der Waals surface area (Å²) in [4.78, 5) is 0. The van der Waals surface area contributed by atoms with Gasteiger partial charge in [-0.25, -0.2) is 0 Å². The van der Waals surface area contributed by atoms with Crippen molar-refractivity contribution in [1.82, 2.24) is 6.15 Å². The van der Waals surface area contributed by atoms with Crippen molar-refractivity contribution < 1.29 is 0 Å². The highest BCUT2D eigenvalue weighted by Crippen LogP contribution is 1.38. The molecular weight excluding hydrogens is 122 g/mol. The van der Waals surface area contributed by atoms with E-state index in [1.165, 1.54) is 0 Å². The van der Waals surface area contributed by atoms with Crippen molar-refractivity contribution >= 4 is 0 Å². The molecule has 1 heteroatoms. The van der Waals surface area contributed by atoms with Gasteiger partial charge < -0.3 is 6.15 Å². The molecule has 62 valence electrons. The van der Waals surface area contributed by atoms with E-state index in [9.17, 15) is 0 Å². The Labute approximate surface area is 65.7 Å². The number of hydrogen-bond donors (Lipinski definition) is 1. The molecule has 0 spiro atoms. The van der Waals surface area contributed by atoms with Gasteiger partial charge in [-0.3, -0.25) is 0 Å². The van der Waals surface area contributed by atoms with Crippen LogP contribution in [0.3, 0.4) is 0 Å². The fraction of sp³-hybridized carbons (Fsp3) is 0.333. The van der Waals surface area contributed by atoms with Crippen LogP contribution in [-0.4, -0.2) is 0 Å². The van der Waals surface area contributed by atoms with Crippen LogP contribution in [-0.2, 0) is 0 Å². The average Bonchev–Trinajstić information content (AvgIpc) is 1.70. The van der Waals surface area contributed by atoms with Gasteiger partial charge in [0.1, 0.15) is 0 Å². The number of allylic oxidation sites excluding steroid dienone is 3. The molecule has 0 saturated heterocycles. The molecule has 0 rings (SSSR count). The minimum Gasteiger partial charge on any atom is -0.344 e. The smallest absolute Gasteiger partial charge is 0.0473 e. The van der Waals surface area contributed by atoms with Crippen LogP contribution in [0.4, 0.5) is 0 Å². The van der Waals surface area contributed by atoms with E-state index in [1.807, 2.05) is 20.8 Å². The molecule has 0 aliphatic heterocycles. The maximum Gasteiger partial charge on any atom is -0.0473 e. The van der Waals surface area contributed by atoms with Gasteiger partial charge in [-0.05, 0) is 20.8 Å². The van der Waals surface area contributed by atoms with Gasteiger partial charge in [-0.15, -0.1) is 19.7 Å².